The number of carbonyl (C=O) groups excluding carboxylic acids is 2. The molecule has 5 aliphatic rings. The Labute approximate surface area is 117 Å². The molecule has 1 N–H and O–H groups in total. The van der Waals surface area contributed by atoms with E-state index in [1.807, 2.05) is 0 Å². The van der Waals surface area contributed by atoms with E-state index < -0.39 is 5.91 Å². The second kappa shape index (κ2) is 4.30. The zero-order valence-corrected chi connectivity index (χ0v) is 11.2. The molecule has 4 heterocycles. The SMILES string of the molecule is O=C(CN1CC=CC1=O)NC12CC3C[C@H](C[C@H](C3)O1)O2. The van der Waals surface area contributed by atoms with Gasteiger partial charge < -0.3 is 19.7 Å². The third-order valence-corrected chi connectivity index (χ3v) is 4.55. The lowest BCUT2D eigenvalue weighted by Gasteiger charge is -2.55. The number of nitrogens with zero attached hydrogens (tertiary/aromatic N) is 1. The smallest absolute Gasteiger partial charge is 0.252 e. The van der Waals surface area contributed by atoms with Crippen LogP contribution in [0.15, 0.2) is 12.2 Å². The molecule has 5 rings (SSSR count). The number of amides is 2. The average molecular weight is 278 g/mol. The van der Waals surface area contributed by atoms with Gasteiger partial charge in [-0.25, -0.2) is 0 Å². The molecule has 1 aliphatic carbocycles. The normalized spacial score (nSPS) is 41.5. The van der Waals surface area contributed by atoms with E-state index >= 15 is 0 Å². The zero-order chi connectivity index (χ0) is 13.7. The summed E-state index contributed by atoms with van der Waals surface area (Å²) >= 11 is 0. The van der Waals surface area contributed by atoms with E-state index in [1.165, 1.54) is 11.0 Å². The van der Waals surface area contributed by atoms with E-state index in [9.17, 15) is 9.59 Å². The highest BCUT2D eigenvalue weighted by atomic mass is 16.7. The zero-order valence-electron chi connectivity index (χ0n) is 11.2. The quantitative estimate of drug-likeness (QED) is 0.797. The summed E-state index contributed by atoms with van der Waals surface area (Å²) in [5, 5.41) is 2.87. The molecule has 4 fully saturated rings. The molecule has 0 aromatic carbocycles. The summed E-state index contributed by atoms with van der Waals surface area (Å²) < 4.78 is 11.8. The Balaban J connectivity index is 1.41. The lowest BCUT2D eigenvalue weighted by Crippen LogP contribution is -2.66. The van der Waals surface area contributed by atoms with Crippen LogP contribution in [0.1, 0.15) is 25.7 Å². The van der Waals surface area contributed by atoms with E-state index in [1.54, 1.807) is 6.08 Å². The summed E-state index contributed by atoms with van der Waals surface area (Å²) in [4.78, 5) is 25.1. The van der Waals surface area contributed by atoms with Gasteiger partial charge in [0.1, 0.15) is 6.54 Å². The molecule has 0 spiro atoms. The van der Waals surface area contributed by atoms with Gasteiger partial charge in [0.2, 0.25) is 11.8 Å². The Hall–Kier alpha value is -1.40. The number of ether oxygens (including phenoxy) is 2. The van der Waals surface area contributed by atoms with Gasteiger partial charge in [0, 0.05) is 25.5 Å². The molecular weight excluding hydrogens is 260 g/mol. The largest absolute Gasteiger partial charge is 0.329 e. The Bertz CT molecular complexity index is 452. The first-order valence-corrected chi connectivity index (χ1v) is 7.24. The van der Waals surface area contributed by atoms with E-state index in [-0.39, 0.29) is 30.6 Å². The topological polar surface area (TPSA) is 67.9 Å². The first-order chi connectivity index (χ1) is 9.62. The number of carbonyl (C=O) groups is 2. The van der Waals surface area contributed by atoms with E-state index in [4.69, 9.17) is 9.47 Å². The molecule has 108 valence electrons. The summed E-state index contributed by atoms with van der Waals surface area (Å²) in [5.41, 5.74) is 0. The van der Waals surface area contributed by atoms with Crippen molar-refractivity contribution in [3.05, 3.63) is 12.2 Å². The minimum absolute atomic E-state index is 0.0559. The highest BCUT2D eigenvalue weighted by Crippen LogP contribution is 2.47. The van der Waals surface area contributed by atoms with Crippen molar-refractivity contribution in [3.8, 4) is 0 Å². The first-order valence-electron chi connectivity index (χ1n) is 7.24. The molecule has 0 aromatic rings. The minimum atomic E-state index is -0.942. The number of hydrogen-bond acceptors (Lipinski definition) is 4. The van der Waals surface area contributed by atoms with Crippen LogP contribution in [0.5, 0.6) is 0 Å². The Morgan fingerprint density at radius 2 is 2.10 bits per heavy atom. The van der Waals surface area contributed by atoms with Gasteiger partial charge in [0.05, 0.1) is 12.2 Å². The van der Waals surface area contributed by atoms with Gasteiger partial charge in [-0.05, 0) is 18.8 Å². The van der Waals surface area contributed by atoms with E-state index in [2.05, 4.69) is 5.32 Å². The highest BCUT2D eigenvalue weighted by Gasteiger charge is 2.54. The third-order valence-electron chi connectivity index (χ3n) is 4.55. The predicted octanol–water partition coefficient (Wildman–Crippen LogP) is 0.143. The molecule has 20 heavy (non-hydrogen) atoms. The van der Waals surface area contributed by atoms with Crippen LogP contribution in [0.3, 0.4) is 0 Å². The lowest BCUT2D eigenvalue weighted by atomic mass is 9.77. The van der Waals surface area contributed by atoms with Crippen molar-refractivity contribution < 1.29 is 19.1 Å². The fraction of sp³-hybridized carbons (Fsp3) is 0.714. The van der Waals surface area contributed by atoms with Crippen LogP contribution in [-0.4, -0.2) is 47.9 Å². The number of nitrogens with one attached hydrogen (secondary N) is 1. The molecule has 0 aromatic heterocycles. The number of rotatable bonds is 3. The highest BCUT2D eigenvalue weighted by molar-refractivity contribution is 5.93. The molecule has 4 atom stereocenters. The van der Waals surface area contributed by atoms with Crippen molar-refractivity contribution in [2.45, 2.75) is 43.8 Å². The van der Waals surface area contributed by atoms with Gasteiger partial charge in [0.25, 0.3) is 5.91 Å². The Kier molecular flexibility index (Phi) is 2.65. The molecule has 6 nitrogen and oxygen atoms in total. The van der Waals surface area contributed by atoms with Crippen molar-refractivity contribution in [3.63, 3.8) is 0 Å². The van der Waals surface area contributed by atoms with Gasteiger partial charge in [-0.3, -0.25) is 9.59 Å². The molecule has 1 saturated carbocycles. The Morgan fingerprint density at radius 3 is 2.70 bits per heavy atom. The molecule has 3 saturated heterocycles. The standard InChI is InChI=1S/C14H18N2O4/c17-12(8-16-3-1-2-13(16)18)15-14-7-9-4-10(19-14)6-11(5-9)20-14/h1-2,9-11H,3-8H2,(H,15,17)/t9?,10-,11+,14?. The van der Waals surface area contributed by atoms with E-state index in [0.717, 1.165) is 25.7 Å². The molecule has 2 amide bonds. The summed E-state index contributed by atoms with van der Waals surface area (Å²) in [7, 11) is 0. The molecule has 2 unspecified atom stereocenters. The monoisotopic (exact) mass is 278 g/mol. The van der Waals surface area contributed by atoms with Crippen molar-refractivity contribution in [2.75, 3.05) is 13.1 Å². The van der Waals surface area contributed by atoms with Crippen LogP contribution in [0.25, 0.3) is 0 Å². The molecule has 4 bridgehead atoms. The first kappa shape index (κ1) is 12.3. The molecule has 0 radical (unpaired) electrons. The van der Waals surface area contributed by atoms with Crippen molar-refractivity contribution in [1.29, 1.82) is 0 Å². The summed E-state index contributed by atoms with van der Waals surface area (Å²) in [5.74, 6) is -0.699. The maximum atomic E-state index is 12.1. The summed E-state index contributed by atoms with van der Waals surface area (Å²) in [6.45, 7) is 0.551. The van der Waals surface area contributed by atoms with Crippen LogP contribution in [0, 0.1) is 5.92 Å². The van der Waals surface area contributed by atoms with Gasteiger partial charge in [0.15, 0.2) is 0 Å². The van der Waals surface area contributed by atoms with Crippen LogP contribution in [0.4, 0.5) is 0 Å². The van der Waals surface area contributed by atoms with Gasteiger partial charge in [-0.2, -0.15) is 0 Å². The van der Waals surface area contributed by atoms with Gasteiger partial charge in [-0.1, -0.05) is 6.08 Å². The second-order valence-corrected chi connectivity index (χ2v) is 6.18. The fourth-order valence-corrected chi connectivity index (χ4v) is 3.88. The minimum Gasteiger partial charge on any atom is -0.329 e. The second-order valence-electron chi connectivity index (χ2n) is 6.18. The maximum absolute atomic E-state index is 12.1. The molecule has 4 aliphatic heterocycles. The molecular formula is C14H18N2O4. The summed E-state index contributed by atoms with van der Waals surface area (Å²) in [6.07, 6.45) is 7.46. The summed E-state index contributed by atoms with van der Waals surface area (Å²) in [6, 6.07) is 0. The van der Waals surface area contributed by atoms with Crippen LogP contribution >= 0.6 is 0 Å². The van der Waals surface area contributed by atoms with Crippen LogP contribution < -0.4 is 5.32 Å². The average Bonchev–Trinajstić information content (AvgIpc) is 2.72. The molecule has 6 heteroatoms. The third kappa shape index (κ3) is 2.03. The van der Waals surface area contributed by atoms with Crippen molar-refractivity contribution in [1.82, 2.24) is 10.2 Å². The Morgan fingerprint density at radius 1 is 1.35 bits per heavy atom. The fourth-order valence-electron chi connectivity index (χ4n) is 3.88. The predicted molar refractivity (Wildman–Crippen MR) is 68.3 cm³/mol. The van der Waals surface area contributed by atoms with Crippen LogP contribution in [0.2, 0.25) is 0 Å². The van der Waals surface area contributed by atoms with Crippen molar-refractivity contribution in [2.24, 2.45) is 5.92 Å². The van der Waals surface area contributed by atoms with Crippen LogP contribution in [-0.2, 0) is 19.1 Å². The number of hydrogen-bond donors (Lipinski definition) is 1. The van der Waals surface area contributed by atoms with Gasteiger partial charge >= 0.3 is 0 Å². The van der Waals surface area contributed by atoms with Gasteiger partial charge in [-0.15, -0.1) is 0 Å². The van der Waals surface area contributed by atoms with E-state index in [0.29, 0.717) is 12.5 Å². The maximum Gasteiger partial charge on any atom is 0.252 e. The lowest BCUT2D eigenvalue weighted by molar-refractivity contribution is -0.379. The van der Waals surface area contributed by atoms with Crippen molar-refractivity contribution >= 4 is 11.8 Å².